The molecular formula is C19H14ClN3O3S2. The molecule has 0 atom stereocenters. The Morgan fingerprint density at radius 1 is 1.25 bits per heavy atom. The van der Waals surface area contributed by atoms with E-state index in [0.29, 0.717) is 31.8 Å². The maximum Gasteiger partial charge on any atom is 0.272 e. The lowest BCUT2D eigenvalue weighted by atomic mass is 10.3. The summed E-state index contributed by atoms with van der Waals surface area (Å²) >= 11 is 8.41. The number of hydrogen-bond acceptors (Lipinski definition) is 6. The van der Waals surface area contributed by atoms with E-state index in [1.807, 2.05) is 5.38 Å². The van der Waals surface area contributed by atoms with Gasteiger partial charge in [-0.1, -0.05) is 23.4 Å². The average Bonchev–Trinajstić information content (AvgIpc) is 3.36. The van der Waals surface area contributed by atoms with Gasteiger partial charge in [0.2, 0.25) is 5.91 Å². The molecule has 1 aromatic carbocycles. The van der Waals surface area contributed by atoms with Gasteiger partial charge < -0.3 is 9.73 Å². The van der Waals surface area contributed by atoms with Gasteiger partial charge in [-0.15, -0.1) is 11.3 Å². The molecule has 1 N–H and O–H groups in total. The van der Waals surface area contributed by atoms with Gasteiger partial charge >= 0.3 is 0 Å². The van der Waals surface area contributed by atoms with Crippen LogP contribution in [0.2, 0.25) is 5.02 Å². The molecule has 0 radical (unpaired) electrons. The molecule has 4 aromatic rings. The maximum absolute atomic E-state index is 12.9. The van der Waals surface area contributed by atoms with E-state index in [4.69, 9.17) is 16.0 Å². The zero-order valence-electron chi connectivity index (χ0n) is 14.4. The van der Waals surface area contributed by atoms with Gasteiger partial charge in [-0.25, -0.2) is 4.98 Å². The van der Waals surface area contributed by atoms with Crippen molar-refractivity contribution in [1.29, 1.82) is 0 Å². The van der Waals surface area contributed by atoms with Crippen LogP contribution in [0.5, 0.6) is 0 Å². The molecule has 0 aliphatic rings. The Bertz CT molecular complexity index is 1170. The highest BCUT2D eigenvalue weighted by molar-refractivity contribution is 7.99. The smallest absolute Gasteiger partial charge is 0.272 e. The predicted octanol–water partition coefficient (Wildman–Crippen LogP) is 4.48. The Kier molecular flexibility index (Phi) is 5.52. The highest BCUT2D eigenvalue weighted by Crippen LogP contribution is 2.22. The number of fused-ring (bicyclic) bond motifs is 1. The molecule has 3 heterocycles. The number of thiophene rings is 1. The fourth-order valence-corrected chi connectivity index (χ4v) is 4.29. The fourth-order valence-electron chi connectivity index (χ4n) is 2.59. The van der Waals surface area contributed by atoms with Crippen LogP contribution in [-0.4, -0.2) is 21.2 Å². The lowest BCUT2D eigenvalue weighted by Gasteiger charge is -2.11. The van der Waals surface area contributed by atoms with Crippen LogP contribution < -0.4 is 10.9 Å². The number of thioether (sulfide) groups is 1. The second-order valence-electron chi connectivity index (χ2n) is 5.84. The molecule has 28 heavy (non-hydrogen) atoms. The number of carbonyl (C=O) groups excluding carboxylic acids is 1. The van der Waals surface area contributed by atoms with E-state index in [1.165, 1.54) is 27.7 Å². The molecule has 0 saturated carbocycles. The van der Waals surface area contributed by atoms with E-state index in [2.05, 4.69) is 10.3 Å². The van der Waals surface area contributed by atoms with Crippen LogP contribution in [-0.2, 0) is 11.3 Å². The first kappa shape index (κ1) is 18.8. The van der Waals surface area contributed by atoms with E-state index in [-0.39, 0.29) is 23.8 Å². The van der Waals surface area contributed by atoms with Crippen LogP contribution in [0.4, 0.5) is 5.69 Å². The van der Waals surface area contributed by atoms with Crippen molar-refractivity contribution >= 4 is 56.5 Å². The molecule has 0 fully saturated rings. The number of amides is 1. The summed E-state index contributed by atoms with van der Waals surface area (Å²) in [6, 6.07) is 12.2. The van der Waals surface area contributed by atoms with Gasteiger partial charge in [0.05, 0.1) is 24.1 Å². The molecule has 0 aliphatic heterocycles. The highest BCUT2D eigenvalue weighted by Gasteiger charge is 2.15. The summed E-state index contributed by atoms with van der Waals surface area (Å²) < 4.78 is 7.50. The molecule has 142 valence electrons. The van der Waals surface area contributed by atoms with Crippen LogP contribution in [0.1, 0.15) is 5.76 Å². The number of nitrogens with one attached hydrogen (secondary N) is 1. The number of hydrogen-bond donors (Lipinski definition) is 1. The molecule has 0 saturated heterocycles. The number of rotatable bonds is 6. The van der Waals surface area contributed by atoms with Gasteiger partial charge in [0.25, 0.3) is 5.56 Å². The number of nitrogens with zero attached hydrogens (tertiary/aromatic N) is 2. The maximum atomic E-state index is 12.9. The minimum absolute atomic E-state index is 0.114. The number of carbonyl (C=O) groups is 1. The fraction of sp³-hybridized carbons (Fsp3) is 0.105. The SMILES string of the molecule is O=C(CSc1nc2ccsc2c(=O)n1Cc1ccco1)Nc1ccc(Cl)cc1. The van der Waals surface area contributed by atoms with Crippen molar-refractivity contribution in [3.63, 3.8) is 0 Å². The molecule has 1 amide bonds. The first-order chi connectivity index (χ1) is 13.6. The Balaban J connectivity index is 1.55. The van der Waals surface area contributed by atoms with Crippen LogP contribution in [0.15, 0.2) is 68.5 Å². The quantitative estimate of drug-likeness (QED) is 0.359. The van der Waals surface area contributed by atoms with E-state index < -0.39 is 0 Å². The summed E-state index contributed by atoms with van der Waals surface area (Å²) in [6.45, 7) is 0.258. The Morgan fingerprint density at radius 2 is 2.07 bits per heavy atom. The number of anilines is 1. The summed E-state index contributed by atoms with van der Waals surface area (Å²) in [6.07, 6.45) is 1.56. The van der Waals surface area contributed by atoms with Crippen molar-refractivity contribution in [3.05, 3.63) is 75.2 Å². The average molecular weight is 432 g/mol. The summed E-state index contributed by atoms with van der Waals surface area (Å²) in [5.74, 6) is 0.562. The van der Waals surface area contributed by atoms with Gasteiger partial charge in [0.15, 0.2) is 5.16 Å². The number of furan rings is 1. The second kappa shape index (κ2) is 8.22. The number of benzene rings is 1. The standard InChI is InChI=1S/C19H14ClN3O3S2/c20-12-3-5-13(6-4-12)21-16(24)11-28-19-22-15-7-9-27-17(15)18(25)23(19)10-14-2-1-8-26-14/h1-9H,10-11H2,(H,21,24). The van der Waals surface area contributed by atoms with E-state index >= 15 is 0 Å². The van der Waals surface area contributed by atoms with Crippen LogP contribution in [0.3, 0.4) is 0 Å². The zero-order valence-corrected chi connectivity index (χ0v) is 16.8. The van der Waals surface area contributed by atoms with Gasteiger partial charge in [0, 0.05) is 10.7 Å². The summed E-state index contributed by atoms with van der Waals surface area (Å²) in [5.41, 5.74) is 1.15. The van der Waals surface area contributed by atoms with Gasteiger partial charge in [-0.2, -0.15) is 0 Å². The highest BCUT2D eigenvalue weighted by atomic mass is 35.5. The zero-order chi connectivity index (χ0) is 19.5. The monoisotopic (exact) mass is 431 g/mol. The number of halogens is 1. The Labute approximate surface area is 173 Å². The third kappa shape index (κ3) is 4.14. The largest absolute Gasteiger partial charge is 0.467 e. The first-order valence-electron chi connectivity index (χ1n) is 8.29. The minimum Gasteiger partial charge on any atom is -0.467 e. The van der Waals surface area contributed by atoms with Gasteiger partial charge in [-0.3, -0.25) is 14.2 Å². The van der Waals surface area contributed by atoms with Crippen molar-refractivity contribution in [3.8, 4) is 0 Å². The lowest BCUT2D eigenvalue weighted by molar-refractivity contribution is -0.113. The van der Waals surface area contributed by atoms with E-state index in [1.54, 1.807) is 48.7 Å². The lowest BCUT2D eigenvalue weighted by Crippen LogP contribution is -2.24. The predicted molar refractivity (Wildman–Crippen MR) is 112 cm³/mol. The summed E-state index contributed by atoms with van der Waals surface area (Å²) in [7, 11) is 0. The van der Waals surface area contributed by atoms with E-state index in [9.17, 15) is 9.59 Å². The molecule has 0 unspecified atom stereocenters. The first-order valence-corrected chi connectivity index (χ1v) is 10.5. The van der Waals surface area contributed by atoms with Crippen LogP contribution in [0.25, 0.3) is 10.2 Å². The third-order valence-electron chi connectivity index (χ3n) is 3.89. The topological polar surface area (TPSA) is 77.1 Å². The van der Waals surface area contributed by atoms with Crippen molar-refractivity contribution in [2.45, 2.75) is 11.7 Å². The Morgan fingerprint density at radius 3 is 2.82 bits per heavy atom. The van der Waals surface area contributed by atoms with Crippen molar-refractivity contribution < 1.29 is 9.21 Å². The molecular weight excluding hydrogens is 418 g/mol. The minimum atomic E-state index is -0.198. The molecule has 9 heteroatoms. The number of aromatic nitrogens is 2. The van der Waals surface area contributed by atoms with Crippen molar-refractivity contribution in [2.24, 2.45) is 0 Å². The molecule has 6 nitrogen and oxygen atoms in total. The van der Waals surface area contributed by atoms with Gasteiger partial charge in [-0.05, 0) is 47.8 Å². The molecule has 3 aromatic heterocycles. The second-order valence-corrected chi connectivity index (χ2v) is 8.14. The Hall–Kier alpha value is -2.55. The van der Waals surface area contributed by atoms with Crippen molar-refractivity contribution in [1.82, 2.24) is 9.55 Å². The summed E-state index contributed by atoms with van der Waals surface area (Å²) in [4.78, 5) is 29.7. The van der Waals surface area contributed by atoms with Crippen LogP contribution >= 0.6 is 34.7 Å². The molecule has 0 spiro atoms. The summed E-state index contributed by atoms with van der Waals surface area (Å²) in [5, 5.41) is 5.70. The molecule has 0 bridgehead atoms. The molecule has 4 rings (SSSR count). The van der Waals surface area contributed by atoms with Gasteiger partial charge in [0.1, 0.15) is 10.5 Å². The van der Waals surface area contributed by atoms with Crippen molar-refractivity contribution in [2.75, 3.05) is 11.1 Å². The third-order valence-corrected chi connectivity index (χ3v) is 6.01. The normalized spacial score (nSPS) is 11.0. The van der Waals surface area contributed by atoms with Crippen LogP contribution in [0, 0.1) is 0 Å². The van der Waals surface area contributed by atoms with E-state index in [0.717, 1.165) is 0 Å². The molecule has 0 aliphatic carbocycles.